The van der Waals surface area contributed by atoms with Gasteiger partial charge in [0.15, 0.2) is 6.29 Å². The quantitative estimate of drug-likeness (QED) is 0.247. The third-order valence-corrected chi connectivity index (χ3v) is 14.8. The molecule has 4 saturated carbocycles. The molecule has 42 heavy (non-hydrogen) atoms. The minimum absolute atomic E-state index is 0.00452. The van der Waals surface area contributed by atoms with E-state index in [-0.39, 0.29) is 45.7 Å². The van der Waals surface area contributed by atoms with Crippen LogP contribution in [0, 0.1) is 50.2 Å². The monoisotopic (exact) mass is 588 g/mol. The second-order valence-corrected chi connectivity index (χ2v) is 17.4. The van der Waals surface area contributed by atoms with Crippen molar-refractivity contribution in [3.8, 4) is 0 Å². The van der Waals surface area contributed by atoms with Gasteiger partial charge in [-0.3, -0.25) is 4.79 Å². The normalized spacial score (nSPS) is 53.0. The van der Waals surface area contributed by atoms with Gasteiger partial charge in [0.2, 0.25) is 0 Å². The zero-order chi connectivity index (χ0) is 30.7. The number of allylic oxidation sites excluding steroid dienone is 2. The topological polar surface area (TPSA) is 116 Å². The molecule has 7 nitrogen and oxygen atoms in total. The number of carboxylic acids is 1. The summed E-state index contributed by atoms with van der Waals surface area (Å²) >= 11 is 0. The van der Waals surface area contributed by atoms with Crippen molar-refractivity contribution in [2.24, 2.45) is 50.2 Å². The van der Waals surface area contributed by atoms with Crippen LogP contribution in [-0.2, 0) is 14.3 Å². The highest BCUT2D eigenvalue weighted by molar-refractivity contribution is 5.76. The predicted molar refractivity (Wildman–Crippen MR) is 159 cm³/mol. The van der Waals surface area contributed by atoms with E-state index in [0.717, 1.165) is 64.2 Å². The van der Waals surface area contributed by atoms with Gasteiger partial charge in [0.25, 0.3) is 0 Å². The smallest absolute Gasteiger partial charge is 0.310 e. The Morgan fingerprint density at radius 3 is 2.26 bits per heavy atom. The minimum atomic E-state index is -1.27. The van der Waals surface area contributed by atoms with Crippen molar-refractivity contribution in [1.29, 1.82) is 0 Å². The van der Waals surface area contributed by atoms with Crippen molar-refractivity contribution >= 4 is 5.97 Å². The Bertz CT molecular complexity index is 1130. The molecule has 0 bridgehead atoms. The second kappa shape index (κ2) is 9.75. The van der Waals surface area contributed by atoms with Crippen LogP contribution in [0.25, 0.3) is 0 Å². The number of aliphatic hydroxyl groups excluding tert-OH is 3. The van der Waals surface area contributed by atoms with Gasteiger partial charge in [-0.1, -0.05) is 60.1 Å². The molecule has 5 aliphatic carbocycles. The van der Waals surface area contributed by atoms with Crippen LogP contribution in [0.4, 0.5) is 0 Å². The first-order valence-corrected chi connectivity index (χ1v) is 16.7. The zero-order valence-electron chi connectivity index (χ0n) is 27.0. The van der Waals surface area contributed by atoms with Gasteiger partial charge in [0.05, 0.1) is 18.1 Å². The summed E-state index contributed by atoms with van der Waals surface area (Å²) in [6, 6.07) is 0. The summed E-state index contributed by atoms with van der Waals surface area (Å²) in [5, 5.41) is 41.3. The molecule has 0 aromatic rings. The lowest BCUT2D eigenvalue weighted by molar-refractivity contribution is -0.308. The Morgan fingerprint density at radius 1 is 0.881 bits per heavy atom. The van der Waals surface area contributed by atoms with E-state index in [9.17, 15) is 25.2 Å². The maximum Gasteiger partial charge on any atom is 0.310 e. The van der Waals surface area contributed by atoms with E-state index in [1.165, 1.54) is 5.57 Å². The molecule has 4 N–H and O–H groups in total. The summed E-state index contributed by atoms with van der Waals surface area (Å²) in [5.74, 6) is 0.465. The third-order valence-electron chi connectivity index (χ3n) is 14.8. The largest absolute Gasteiger partial charge is 0.481 e. The molecule has 1 heterocycles. The maximum atomic E-state index is 12.9. The lowest BCUT2D eigenvalue weighted by atomic mass is 9.33. The SMILES string of the molecule is CC1(C)CC[C@]2(C(=O)O)CC[C@]3(C)C(=CCC4[C@@]5(C)CC[C@H](O[C@@H]6OC[C@@H](O)[C@H](O)[C@H]6O)C(C)(C)C5CC[C@]43C)C2C1. The van der Waals surface area contributed by atoms with Gasteiger partial charge in [-0.2, -0.15) is 0 Å². The molecule has 6 rings (SSSR count). The molecule has 1 saturated heterocycles. The number of carboxylic acid groups (broad SMARTS) is 1. The lowest BCUT2D eigenvalue weighted by Crippen LogP contribution is -2.65. The van der Waals surface area contributed by atoms with Gasteiger partial charge in [-0.05, 0) is 109 Å². The summed E-state index contributed by atoms with van der Waals surface area (Å²) in [6.07, 6.45) is 7.38. The highest BCUT2D eigenvalue weighted by atomic mass is 16.7. The summed E-state index contributed by atoms with van der Waals surface area (Å²) in [6.45, 7) is 16.8. The first-order valence-electron chi connectivity index (χ1n) is 16.7. The first-order chi connectivity index (χ1) is 19.4. The third kappa shape index (κ3) is 4.12. The molecule has 0 aromatic heterocycles. The molecule has 3 unspecified atom stereocenters. The number of rotatable bonds is 3. The highest BCUT2D eigenvalue weighted by Crippen LogP contribution is 2.75. The fourth-order valence-electron chi connectivity index (χ4n) is 11.9. The first kappa shape index (κ1) is 31.0. The minimum Gasteiger partial charge on any atom is -0.481 e. The molecule has 5 fully saturated rings. The average Bonchev–Trinajstić information content (AvgIpc) is 2.90. The fraction of sp³-hybridized carbons (Fsp3) is 0.914. The van der Waals surface area contributed by atoms with Crippen molar-refractivity contribution < 1.29 is 34.7 Å². The van der Waals surface area contributed by atoms with E-state index in [1.807, 2.05) is 0 Å². The van der Waals surface area contributed by atoms with Crippen LogP contribution in [0.1, 0.15) is 113 Å². The molecular formula is C35H56O7. The molecule has 6 aliphatic rings. The molecular weight excluding hydrogens is 532 g/mol. The summed E-state index contributed by atoms with van der Waals surface area (Å²) < 4.78 is 12.1. The summed E-state index contributed by atoms with van der Waals surface area (Å²) in [4.78, 5) is 12.9. The summed E-state index contributed by atoms with van der Waals surface area (Å²) in [5.41, 5.74) is 1.05. The van der Waals surface area contributed by atoms with Gasteiger partial charge in [0, 0.05) is 0 Å². The van der Waals surface area contributed by atoms with Gasteiger partial charge in [0.1, 0.15) is 18.3 Å². The van der Waals surface area contributed by atoms with E-state index in [0.29, 0.717) is 11.8 Å². The molecule has 0 radical (unpaired) electrons. The van der Waals surface area contributed by atoms with Crippen LogP contribution < -0.4 is 0 Å². The van der Waals surface area contributed by atoms with Crippen LogP contribution in [0.2, 0.25) is 0 Å². The number of aliphatic carboxylic acids is 1. The number of ether oxygens (including phenoxy) is 2. The molecule has 0 spiro atoms. The number of fused-ring (bicyclic) bond motifs is 7. The van der Waals surface area contributed by atoms with E-state index >= 15 is 0 Å². The van der Waals surface area contributed by atoms with Crippen LogP contribution in [-0.4, -0.2) is 63.7 Å². The molecule has 1 aliphatic heterocycles. The van der Waals surface area contributed by atoms with E-state index in [2.05, 4.69) is 54.5 Å². The van der Waals surface area contributed by atoms with Gasteiger partial charge in [-0.25, -0.2) is 0 Å². The van der Waals surface area contributed by atoms with Crippen molar-refractivity contribution in [3.63, 3.8) is 0 Å². The molecule has 0 aromatic carbocycles. The highest BCUT2D eigenvalue weighted by Gasteiger charge is 2.69. The molecule has 12 atom stereocenters. The number of aliphatic hydroxyl groups is 3. The van der Waals surface area contributed by atoms with Crippen molar-refractivity contribution in [2.45, 2.75) is 143 Å². The Balaban J connectivity index is 1.30. The van der Waals surface area contributed by atoms with Crippen LogP contribution in [0.15, 0.2) is 11.6 Å². The van der Waals surface area contributed by atoms with Crippen molar-refractivity contribution in [2.75, 3.05) is 6.61 Å². The van der Waals surface area contributed by atoms with Gasteiger partial charge >= 0.3 is 5.97 Å². The predicted octanol–water partition coefficient (Wildman–Crippen LogP) is 5.70. The Kier molecular flexibility index (Phi) is 7.20. The van der Waals surface area contributed by atoms with Crippen molar-refractivity contribution in [3.05, 3.63) is 11.6 Å². The van der Waals surface area contributed by atoms with Crippen LogP contribution in [0.5, 0.6) is 0 Å². The van der Waals surface area contributed by atoms with Gasteiger partial charge < -0.3 is 29.9 Å². The van der Waals surface area contributed by atoms with Gasteiger partial charge in [-0.15, -0.1) is 0 Å². The summed E-state index contributed by atoms with van der Waals surface area (Å²) in [7, 11) is 0. The molecule has 0 amide bonds. The number of hydrogen-bond donors (Lipinski definition) is 4. The van der Waals surface area contributed by atoms with Crippen LogP contribution >= 0.6 is 0 Å². The lowest BCUT2D eigenvalue weighted by Gasteiger charge is -2.71. The number of hydrogen-bond acceptors (Lipinski definition) is 6. The second-order valence-electron chi connectivity index (χ2n) is 17.4. The van der Waals surface area contributed by atoms with Crippen LogP contribution in [0.3, 0.4) is 0 Å². The zero-order valence-corrected chi connectivity index (χ0v) is 27.0. The standard InChI is InChI=1S/C35H56O7/c1-30(2)14-16-35(29(39)40)17-15-33(6)20(21(35)18-30)8-9-24-32(5)12-11-25(31(3,4)23(32)10-13-34(24,33)7)42-28-27(38)26(37)22(36)19-41-28/h8,21-28,36-38H,9-19H2,1-7H3,(H,39,40)/t21?,22-,23?,24?,25+,26+,27-,28+,32+,33-,34-,35+/m1/s1. The Hall–Kier alpha value is -0.990. The fourth-order valence-corrected chi connectivity index (χ4v) is 11.9. The molecule has 7 heteroatoms. The maximum absolute atomic E-state index is 12.9. The molecule has 238 valence electrons. The van der Waals surface area contributed by atoms with Crippen molar-refractivity contribution in [1.82, 2.24) is 0 Å². The van der Waals surface area contributed by atoms with E-state index in [4.69, 9.17) is 9.47 Å². The average molecular weight is 589 g/mol. The Morgan fingerprint density at radius 2 is 1.57 bits per heavy atom. The van der Waals surface area contributed by atoms with E-state index < -0.39 is 36.0 Å². The van der Waals surface area contributed by atoms with E-state index in [1.54, 1.807) is 0 Å². The Labute approximate surface area is 252 Å². The number of carbonyl (C=O) groups is 1.